The Labute approximate surface area is 127 Å². The van der Waals surface area contributed by atoms with Crippen LogP contribution >= 0.6 is 11.6 Å². The molecular formula is C17H14ClNO2. The van der Waals surface area contributed by atoms with E-state index < -0.39 is 0 Å². The second-order valence-corrected chi connectivity index (χ2v) is 7.08. The van der Waals surface area contributed by atoms with Crippen molar-refractivity contribution in [1.29, 1.82) is 0 Å². The summed E-state index contributed by atoms with van der Waals surface area (Å²) in [4.78, 5) is 27.1. The number of nitrogens with zero attached hydrogens (tertiary/aromatic N) is 1. The SMILES string of the molecule is O=C1C2C3C=CC(C4CC34)C2C(=O)N1c1cccc(Cl)c1. The second kappa shape index (κ2) is 3.77. The van der Waals surface area contributed by atoms with Gasteiger partial charge in [-0.15, -0.1) is 0 Å². The van der Waals surface area contributed by atoms with Gasteiger partial charge < -0.3 is 0 Å². The van der Waals surface area contributed by atoms with Crippen LogP contribution in [0, 0.1) is 35.5 Å². The van der Waals surface area contributed by atoms with Gasteiger partial charge in [-0.3, -0.25) is 9.59 Å². The van der Waals surface area contributed by atoms with Gasteiger partial charge in [0, 0.05) is 5.02 Å². The van der Waals surface area contributed by atoms with Crippen LogP contribution in [0.25, 0.3) is 0 Å². The van der Waals surface area contributed by atoms with E-state index in [0.29, 0.717) is 22.5 Å². The van der Waals surface area contributed by atoms with Crippen LogP contribution in [-0.4, -0.2) is 11.8 Å². The lowest BCUT2D eigenvalue weighted by molar-refractivity contribution is -0.124. The molecule has 2 saturated carbocycles. The Hall–Kier alpha value is -1.61. The number of amides is 2. The summed E-state index contributed by atoms with van der Waals surface area (Å²) in [6.45, 7) is 0. The van der Waals surface area contributed by atoms with E-state index >= 15 is 0 Å². The van der Waals surface area contributed by atoms with Crippen LogP contribution in [0.1, 0.15) is 6.42 Å². The summed E-state index contributed by atoms with van der Waals surface area (Å²) >= 11 is 6.01. The normalized spacial score (nSPS) is 42.2. The van der Waals surface area contributed by atoms with Crippen molar-refractivity contribution in [2.45, 2.75) is 6.42 Å². The minimum absolute atomic E-state index is 0.0306. The van der Waals surface area contributed by atoms with Crippen LogP contribution < -0.4 is 4.90 Å². The van der Waals surface area contributed by atoms with Gasteiger partial charge in [0.2, 0.25) is 11.8 Å². The van der Waals surface area contributed by atoms with Gasteiger partial charge in [0.15, 0.2) is 0 Å². The molecule has 6 rings (SSSR count). The van der Waals surface area contributed by atoms with E-state index in [1.54, 1.807) is 24.3 Å². The van der Waals surface area contributed by atoms with Crippen LogP contribution in [0.4, 0.5) is 5.69 Å². The van der Waals surface area contributed by atoms with Crippen LogP contribution in [-0.2, 0) is 9.59 Å². The maximum absolute atomic E-state index is 12.8. The summed E-state index contributed by atoms with van der Waals surface area (Å²) < 4.78 is 0. The minimum Gasteiger partial charge on any atom is -0.274 e. The van der Waals surface area contributed by atoms with Crippen molar-refractivity contribution in [1.82, 2.24) is 0 Å². The molecule has 1 aromatic carbocycles. The molecule has 3 nitrogen and oxygen atoms in total. The summed E-state index contributed by atoms with van der Waals surface area (Å²) in [5.74, 6) is 1.46. The molecule has 0 spiro atoms. The third-order valence-electron chi connectivity index (χ3n) is 5.73. The van der Waals surface area contributed by atoms with Crippen molar-refractivity contribution < 1.29 is 9.59 Å². The van der Waals surface area contributed by atoms with Gasteiger partial charge in [-0.2, -0.15) is 0 Å². The van der Waals surface area contributed by atoms with Crippen LogP contribution in [0.15, 0.2) is 36.4 Å². The molecule has 6 unspecified atom stereocenters. The van der Waals surface area contributed by atoms with E-state index in [0.717, 1.165) is 0 Å². The van der Waals surface area contributed by atoms with Gasteiger partial charge in [-0.1, -0.05) is 29.8 Å². The Balaban J connectivity index is 1.60. The van der Waals surface area contributed by atoms with Crippen molar-refractivity contribution in [2.75, 3.05) is 4.90 Å². The van der Waals surface area contributed by atoms with Gasteiger partial charge in [0.25, 0.3) is 0 Å². The molecule has 0 aromatic heterocycles. The molecule has 0 radical (unpaired) electrons. The number of hydrogen-bond donors (Lipinski definition) is 0. The number of benzene rings is 1. The van der Waals surface area contributed by atoms with E-state index in [2.05, 4.69) is 12.2 Å². The summed E-state index contributed by atoms with van der Waals surface area (Å²) in [6.07, 6.45) is 5.56. The molecule has 21 heavy (non-hydrogen) atoms. The third-order valence-corrected chi connectivity index (χ3v) is 5.96. The van der Waals surface area contributed by atoms with Gasteiger partial charge >= 0.3 is 0 Å². The first kappa shape index (κ1) is 12.0. The molecule has 1 aromatic rings. The molecule has 0 N–H and O–H groups in total. The average Bonchev–Trinajstić information content (AvgIpc) is 3.24. The molecule has 1 aliphatic heterocycles. The predicted molar refractivity (Wildman–Crippen MR) is 78.6 cm³/mol. The predicted octanol–water partition coefficient (Wildman–Crippen LogP) is 2.90. The zero-order chi connectivity index (χ0) is 14.3. The number of rotatable bonds is 1. The molecule has 4 heteroatoms. The first-order valence-corrected chi connectivity index (χ1v) is 7.86. The van der Waals surface area contributed by atoms with Crippen LogP contribution in [0.5, 0.6) is 0 Å². The van der Waals surface area contributed by atoms with E-state index in [1.165, 1.54) is 11.3 Å². The Bertz CT molecular complexity index is 676. The standard InChI is InChI=1S/C17H14ClNO2/c18-8-2-1-3-9(6-8)19-16(20)14-10-4-5-11(13-7-12(10)13)15(14)17(19)21/h1-6,10-15H,7H2. The van der Waals surface area contributed by atoms with Crippen LogP contribution in [0.3, 0.4) is 0 Å². The van der Waals surface area contributed by atoms with Crippen molar-refractivity contribution in [2.24, 2.45) is 35.5 Å². The number of hydrogen-bond acceptors (Lipinski definition) is 2. The van der Waals surface area contributed by atoms with Crippen molar-refractivity contribution >= 4 is 29.1 Å². The molecular weight excluding hydrogens is 286 g/mol. The summed E-state index contributed by atoms with van der Waals surface area (Å²) in [7, 11) is 0. The lowest BCUT2D eigenvalue weighted by atomic mass is 9.63. The lowest BCUT2D eigenvalue weighted by Crippen LogP contribution is -2.40. The van der Waals surface area contributed by atoms with Crippen molar-refractivity contribution in [3.8, 4) is 0 Å². The highest BCUT2D eigenvalue weighted by Crippen LogP contribution is 2.65. The topological polar surface area (TPSA) is 37.4 Å². The average molecular weight is 300 g/mol. The monoisotopic (exact) mass is 299 g/mol. The van der Waals surface area contributed by atoms with Crippen molar-refractivity contribution in [3.05, 3.63) is 41.4 Å². The van der Waals surface area contributed by atoms with E-state index in [1.807, 2.05) is 0 Å². The molecule has 1 saturated heterocycles. The quantitative estimate of drug-likeness (QED) is 0.591. The molecule has 1 heterocycles. The van der Waals surface area contributed by atoms with E-state index in [-0.39, 0.29) is 35.5 Å². The minimum atomic E-state index is -0.143. The second-order valence-electron chi connectivity index (χ2n) is 6.65. The third kappa shape index (κ3) is 1.40. The number of allylic oxidation sites excluding steroid dienone is 2. The van der Waals surface area contributed by atoms with E-state index in [4.69, 9.17) is 11.6 Å². The molecule has 2 amide bonds. The highest BCUT2D eigenvalue weighted by Gasteiger charge is 2.67. The largest absolute Gasteiger partial charge is 0.274 e. The summed E-state index contributed by atoms with van der Waals surface area (Å²) in [6, 6.07) is 7.02. The van der Waals surface area contributed by atoms with Gasteiger partial charge in [0.1, 0.15) is 0 Å². The first-order chi connectivity index (χ1) is 10.2. The Morgan fingerprint density at radius 3 is 2.19 bits per heavy atom. The number of carbonyl (C=O) groups excluding carboxylic acids is 2. The van der Waals surface area contributed by atoms with E-state index in [9.17, 15) is 9.59 Å². The highest BCUT2D eigenvalue weighted by molar-refractivity contribution is 6.31. The zero-order valence-electron chi connectivity index (χ0n) is 11.3. The molecule has 2 bridgehead atoms. The first-order valence-electron chi connectivity index (χ1n) is 7.48. The lowest BCUT2D eigenvalue weighted by Gasteiger charge is -2.37. The fraction of sp³-hybridized carbons (Fsp3) is 0.412. The maximum atomic E-state index is 12.8. The molecule has 6 atom stereocenters. The Kier molecular flexibility index (Phi) is 2.15. The highest BCUT2D eigenvalue weighted by atomic mass is 35.5. The smallest absolute Gasteiger partial charge is 0.238 e. The molecule has 106 valence electrons. The van der Waals surface area contributed by atoms with Crippen LogP contribution in [0.2, 0.25) is 5.02 Å². The Morgan fingerprint density at radius 1 is 1.00 bits per heavy atom. The fourth-order valence-electron chi connectivity index (χ4n) is 4.83. The molecule has 4 aliphatic carbocycles. The summed E-state index contributed by atoms with van der Waals surface area (Å²) in [5, 5.41) is 0.548. The molecule has 3 fully saturated rings. The van der Waals surface area contributed by atoms with Crippen molar-refractivity contribution in [3.63, 3.8) is 0 Å². The molecule has 5 aliphatic rings. The maximum Gasteiger partial charge on any atom is 0.238 e. The van der Waals surface area contributed by atoms with Gasteiger partial charge in [-0.05, 0) is 48.3 Å². The van der Waals surface area contributed by atoms with Gasteiger partial charge in [-0.25, -0.2) is 4.90 Å². The number of halogens is 1. The van der Waals surface area contributed by atoms with Gasteiger partial charge in [0.05, 0.1) is 17.5 Å². The number of imide groups is 1. The number of anilines is 1. The Morgan fingerprint density at radius 2 is 1.62 bits per heavy atom. The number of carbonyl (C=O) groups is 2. The fourth-order valence-corrected chi connectivity index (χ4v) is 5.01. The summed E-state index contributed by atoms with van der Waals surface area (Å²) in [5.41, 5.74) is 0.611. The zero-order valence-corrected chi connectivity index (χ0v) is 12.0.